The molecule has 0 heterocycles. The molecule has 0 spiro atoms. The molecule has 0 unspecified atom stereocenters. The molecule has 0 bridgehead atoms. The number of rotatable bonds is 5. The lowest BCUT2D eigenvalue weighted by molar-refractivity contribution is -0.385. The molecular formula is C15H13N3O3. The van der Waals surface area contributed by atoms with Crippen LogP contribution in [0.1, 0.15) is 11.1 Å². The molecule has 2 aromatic rings. The van der Waals surface area contributed by atoms with Crippen LogP contribution in [0.3, 0.4) is 0 Å². The Morgan fingerprint density at radius 3 is 2.81 bits per heavy atom. The minimum atomic E-state index is -0.562. The fourth-order valence-corrected chi connectivity index (χ4v) is 1.87. The third kappa shape index (κ3) is 3.55. The number of benzene rings is 2. The summed E-state index contributed by atoms with van der Waals surface area (Å²) in [5.74, 6) is 0.621. The zero-order chi connectivity index (χ0) is 15.2. The Hall–Kier alpha value is -2.91. The quantitative estimate of drug-likeness (QED) is 0.673. The van der Waals surface area contributed by atoms with Crippen LogP contribution < -0.4 is 10.1 Å². The van der Waals surface area contributed by atoms with Gasteiger partial charge in [0.05, 0.1) is 16.6 Å². The molecule has 6 heteroatoms. The first-order valence-electron chi connectivity index (χ1n) is 6.24. The number of ether oxygens (including phenoxy) is 1. The van der Waals surface area contributed by atoms with Crippen molar-refractivity contribution < 1.29 is 9.66 Å². The van der Waals surface area contributed by atoms with Crippen LogP contribution >= 0.6 is 0 Å². The molecule has 21 heavy (non-hydrogen) atoms. The fraction of sp³-hybridized carbons (Fsp3) is 0.133. The van der Waals surface area contributed by atoms with Gasteiger partial charge in [0.2, 0.25) is 5.75 Å². The summed E-state index contributed by atoms with van der Waals surface area (Å²) in [5.41, 5.74) is 0.998. The maximum Gasteiger partial charge on any atom is 0.312 e. The largest absolute Gasteiger partial charge is 0.450 e. The number of nitro groups is 1. The molecule has 0 aliphatic rings. The Balaban J connectivity index is 2.33. The predicted octanol–water partition coefficient (Wildman–Crippen LogP) is 2.98. The van der Waals surface area contributed by atoms with E-state index in [1.807, 2.05) is 25.2 Å². The van der Waals surface area contributed by atoms with Crippen molar-refractivity contribution in [1.29, 1.82) is 5.26 Å². The van der Waals surface area contributed by atoms with Gasteiger partial charge in [-0.15, -0.1) is 0 Å². The summed E-state index contributed by atoms with van der Waals surface area (Å²) >= 11 is 0. The van der Waals surface area contributed by atoms with Crippen LogP contribution in [0.15, 0.2) is 42.5 Å². The summed E-state index contributed by atoms with van der Waals surface area (Å²) in [7, 11) is 1.83. The van der Waals surface area contributed by atoms with Crippen molar-refractivity contribution in [3.05, 3.63) is 63.7 Å². The predicted molar refractivity (Wildman–Crippen MR) is 77.1 cm³/mol. The molecule has 0 radical (unpaired) electrons. The summed E-state index contributed by atoms with van der Waals surface area (Å²) in [6.07, 6.45) is 0. The lowest BCUT2D eigenvalue weighted by atomic mass is 10.2. The van der Waals surface area contributed by atoms with E-state index in [0.29, 0.717) is 12.3 Å². The van der Waals surface area contributed by atoms with Gasteiger partial charge in [-0.05, 0) is 36.9 Å². The molecule has 6 nitrogen and oxygen atoms in total. The summed E-state index contributed by atoms with van der Waals surface area (Å²) in [6.45, 7) is 0.673. The molecule has 2 rings (SSSR count). The van der Waals surface area contributed by atoms with Gasteiger partial charge < -0.3 is 10.1 Å². The van der Waals surface area contributed by atoms with Gasteiger partial charge in [-0.1, -0.05) is 12.1 Å². The van der Waals surface area contributed by atoms with E-state index in [-0.39, 0.29) is 17.0 Å². The first-order valence-corrected chi connectivity index (χ1v) is 6.24. The monoisotopic (exact) mass is 283 g/mol. The maximum atomic E-state index is 11.1. The van der Waals surface area contributed by atoms with Crippen molar-refractivity contribution in [2.75, 3.05) is 7.05 Å². The standard InChI is InChI=1S/C15H13N3O3/c1-17-10-12-3-2-4-13(7-12)21-15-6-5-11(9-16)8-14(15)18(19)20/h2-8,17H,10H2,1H3. The van der Waals surface area contributed by atoms with Crippen LogP contribution in [0, 0.1) is 21.4 Å². The molecule has 1 N–H and O–H groups in total. The Labute approximate surface area is 121 Å². The fourth-order valence-electron chi connectivity index (χ4n) is 1.87. The van der Waals surface area contributed by atoms with Gasteiger partial charge >= 0.3 is 5.69 Å². The summed E-state index contributed by atoms with van der Waals surface area (Å²) in [4.78, 5) is 10.5. The van der Waals surface area contributed by atoms with Crippen LogP contribution in [0.25, 0.3) is 0 Å². The number of nitrogens with zero attached hydrogens (tertiary/aromatic N) is 2. The Morgan fingerprint density at radius 1 is 1.33 bits per heavy atom. The smallest absolute Gasteiger partial charge is 0.312 e. The van der Waals surface area contributed by atoms with Crippen LogP contribution in [0.2, 0.25) is 0 Å². The maximum absolute atomic E-state index is 11.1. The third-order valence-corrected chi connectivity index (χ3v) is 2.79. The normalized spacial score (nSPS) is 9.90. The molecule has 0 aromatic heterocycles. The second kappa shape index (κ2) is 6.50. The van der Waals surface area contributed by atoms with Crippen molar-refractivity contribution in [1.82, 2.24) is 5.32 Å². The van der Waals surface area contributed by atoms with Gasteiger partial charge in [0.25, 0.3) is 0 Å². The topological polar surface area (TPSA) is 88.2 Å². The minimum absolute atomic E-state index is 0.112. The van der Waals surface area contributed by atoms with Gasteiger partial charge in [0.1, 0.15) is 5.75 Å². The van der Waals surface area contributed by atoms with Gasteiger partial charge in [0.15, 0.2) is 0 Å². The number of nitrogens with one attached hydrogen (secondary N) is 1. The van der Waals surface area contributed by atoms with E-state index in [0.717, 1.165) is 5.56 Å². The first-order chi connectivity index (χ1) is 10.1. The van der Waals surface area contributed by atoms with Crippen LogP contribution in [-0.2, 0) is 6.54 Å². The second-order valence-corrected chi connectivity index (χ2v) is 4.33. The summed E-state index contributed by atoms with van der Waals surface area (Å²) in [5, 5.41) is 22.9. The van der Waals surface area contributed by atoms with E-state index in [2.05, 4.69) is 5.32 Å². The molecule has 0 aliphatic heterocycles. The molecule has 0 aliphatic carbocycles. The van der Waals surface area contributed by atoms with Crippen molar-refractivity contribution >= 4 is 5.69 Å². The van der Waals surface area contributed by atoms with E-state index in [1.54, 1.807) is 12.1 Å². The number of nitro benzene ring substituents is 1. The zero-order valence-electron chi connectivity index (χ0n) is 11.4. The van der Waals surface area contributed by atoms with E-state index in [4.69, 9.17) is 10.00 Å². The van der Waals surface area contributed by atoms with E-state index < -0.39 is 4.92 Å². The molecule has 0 saturated carbocycles. The third-order valence-electron chi connectivity index (χ3n) is 2.79. The summed E-state index contributed by atoms with van der Waals surface area (Å²) < 4.78 is 5.58. The number of hydrogen-bond acceptors (Lipinski definition) is 5. The molecule has 0 fully saturated rings. The molecular weight excluding hydrogens is 270 g/mol. The molecule has 0 atom stereocenters. The number of nitriles is 1. The lowest BCUT2D eigenvalue weighted by Gasteiger charge is -2.08. The van der Waals surface area contributed by atoms with Crippen LogP contribution in [0.4, 0.5) is 5.69 Å². The first kappa shape index (κ1) is 14.5. The van der Waals surface area contributed by atoms with Crippen molar-refractivity contribution in [2.45, 2.75) is 6.54 Å². The van der Waals surface area contributed by atoms with Crippen LogP contribution in [-0.4, -0.2) is 12.0 Å². The second-order valence-electron chi connectivity index (χ2n) is 4.33. The van der Waals surface area contributed by atoms with E-state index in [9.17, 15) is 10.1 Å². The number of hydrogen-bond donors (Lipinski definition) is 1. The highest BCUT2D eigenvalue weighted by Crippen LogP contribution is 2.32. The van der Waals surface area contributed by atoms with Crippen LogP contribution in [0.5, 0.6) is 11.5 Å². The molecule has 0 saturated heterocycles. The molecule has 0 amide bonds. The van der Waals surface area contributed by atoms with Gasteiger partial charge in [-0.25, -0.2) is 0 Å². The highest BCUT2D eigenvalue weighted by atomic mass is 16.6. The minimum Gasteiger partial charge on any atom is -0.450 e. The van der Waals surface area contributed by atoms with E-state index >= 15 is 0 Å². The SMILES string of the molecule is CNCc1cccc(Oc2ccc(C#N)cc2[N+](=O)[O-])c1. The zero-order valence-corrected chi connectivity index (χ0v) is 11.4. The van der Waals surface area contributed by atoms with Crippen molar-refractivity contribution in [2.24, 2.45) is 0 Å². The lowest BCUT2D eigenvalue weighted by Crippen LogP contribution is -2.04. The Bertz CT molecular complexity index is 708. The van der Waals surface area contributed by atoms with Crippen molar-refractivity contribution in [3.8, 4) is 17.6 Å². The Kier molecular flexibility index (Phi) is 4.49. The highest BCUT2D eigenvalue weighted by Gasteiger charge is 2.16. The van der Waals surface area contributed by atoms with Gasteiger partial charge in [-0.3, -0.25) is 10.1 Å². The summed E-state index contributed by atoms with van der Waals surface area (Å²) in [6, 6.07) is 13.3. The average molecular weight is 283 g/mol. The molecule has 2 aromatic carbocycles. The van der Waals surface area contributed by atoms with Crippen molar-refractivity contribution in [3.63, 3.8) is 0 Å². The average Bonchev–Trinajstić information content (AvgIpc) is 2.48. The Morgan fingerprint density at radius 2 is 2.14 bits per heavy atom. The van der Waals surface area contributed by atoms with Gasteiger partial charge in [-0.2, -0.15) is 5.26 Å². The van der Waals surface area contributed by atoms with E-state index in [1.165, 1.54) is 18.2 Å². The van der Waals surface area contributed by atoms with Gasteiger partial charge in [0, 0.05) is 12.6 Å². The highest BCUT2D eigenvalue weighted by molar-refractivity contribution is 5.53. The molecule has 106 valence electrons.